The summed E-state index contributed by atoms with van der Waals surface area (Å²) in [5.74, 6) is -0.0837. The molecule has 1 aromatic carbocycles. The Morgan fingerprint density at radius 3 is 2.94 bits per heavy atom. The Labute approximate surface area is 92.4 Å². The number of hydrogen-bond donors (Lipinski definition) is 1. The van der Waals surface area contributed by atoms with Crippen LogP contribution >= 0.6 is 0 Å². The normalized spacial score (nSPS) is 12.6. The lowest BCUT2D eigenvalue weighted by molar-refractivity contribution is -0.143. The van der Waals surface area contributed by atoms with Gasteiger partial charge in [-0.05, 0) is 12.1 Å². The zero-order chi connectivity index (χ0) is 11.5. The SMILES string of the molecule is COC(=O)C[C@H](O)c1cc2ccccc2o1. The Morgan fingerprint density at radius 2 is 2.25 bits per heavy atom. The molecule has 1 aromatic heterocycles. The molecule has 2 aromatic rings. The summed E-state index contributed by atoms with van der Waals surface area (Å²) in [5.41, 5.74) is 0.696. The highest BCUT2D eigenvalue weighted by Crippen LogP contribution is 2.25. The summed E-state index contributed by atoms with van der Waals surface area (Å²) in [5, 5.41) is 10.6. The third kappa shape index (κ3) is 2.06. The Kier molecular flexibility index (Phi) is 2.92. The van der Waals surface area contributed by atoms with E-state index in [9.17, 15) is 9.90 Å². The summed E-state index contributed by atoms with van der Waals surface area (Å²) in [6.07, 6.45) is -1.06. The van der Waals surface area contributed by atoms with Crippen molar-refractivity contribution >= 4 is 16.9 Å². The van der Waals surface area contributed by atoms with E-state index in [-0.39, 0.29) is 6.42 Å². The number of benzene rings is 1. The van der Waals surface area contributed by atoms with Gasteiger partial charge in [0.15, 0.2) is 0 Å². The van der Waals surface area contributed by atoms with E-state index in [0.717, 1.165) is 5.39 Å². The summed E-state index contributed by atoms with van der Waals surface area (Å²) >= 11 is 0. The van der Waals surface area contributed by atoms with Crippen LogP contribution in [-0.2, 0) is 9.53 Å². The molecule has 0 aliphatic carbocycles. The monoisotopic (exact) mass is 220 g/mol. The van der Waals surface area contributed by atoms with Gasteiger partial charge in [-0.25, -0.2) is 0 Å². The molecule has 16 heavy (non-hydrogen) atoms. The Balaban J connectivity index is 2.23. The first-order valence-electron chi connectivity index (χ1n) is 4.94. The number of para-hydroxylation sites is 1. The number of hydrogen-bond acceptors (Lipinski definition) is 4. The first-order chi connectivity index (χ1) is 7.70. The summed E-state index contributed by atoms with van der Waals surface area (Å²) in [6.45, 7) is 0. The van der Waals surface area contributed by atoms with Gasteiger partial charge < -0.3 is 14.3 Å². The number of furan rings is 1. The maximum Gasteiger partial charge on any atom is 0.308 e. The van der Waals surface area contributed by atoms with E-state index in [4.69, 9.17) is 4.42 Å². The van der Waals surface area contributed by atoms with E-state index >= 15 is 0 Å². The number of esters is 1. The predicted molar refractivity (Wildman–Crippen MR) is 57.8 cm³/mol. The van der Waals surface area contributed by atoms with Crippen molar-refractivity contribution in [1.29, 1.82) is 0 Å². The van der Waals surface area contributed by atoms with Crippen LogP contribution in [0, 0.1) is 0 Å². The van der Waals surface area contributed by atoms with Gasteiger partial charge in [0.05, 0.1) is 13.5 Å². The van der Waals surface area contributed by atoms with Crippen molar-refractivity contribution in [2.75, 3.05) is 7.11 Å². The minimum atomic E-state index is -0.958. The molecular formula is C12H12O4. The lowest BCUT2D eigenvalue weighted by atomic mass is 10.2. The lowest BCUT2D eigenvalue weighted by Gasteiger charge is -2.04. The molecule has 4 heteroatoms. The Hall–Kier alpha value is -1.81. The van der Waals surface area contributed by atoms with Crippen LogP contribution in [0.3, 0.4) is 0 Å². The number of aliphatic hydroxyl groups excluding tert-OH is 1. The van der Waals surface area contributed by atoms with Crippen molar-refractivity contribution < 1.29 is 19.1 Å². The minimum absolute atomic E-state index is 0.101. The highest BCUT2D eigenvalue weighted by atomic mass is 16.5. The average molecular weight is 220 g/mol. The van der Waals surface area contributed by atoms with Gasteiger partial charge in [-0.1, -0.05) is 18.2 Å². The first-order valence-corrected chi connectivity index (χ1v) is 4.94. The van der Waals surface area contributed by atoms with E-state index in [1.54, 1.807) is 6.07 Å². The lowest BCUT2D eigenvalue weighted by Crippen LogP contribution is -2.07. The largest absolute Gasteiger partial charge is 0.469 e. The number of carbonyl (C=O) groups is 1. The molecule has 0 aliphatic heterocycles. The molecule has 1 N–H and O–H groups in total. The second kappa shape index (κ2) is 4.37. The topological polar surface area (TPSA) is 59.7 Å². The van der Waals surface area contributed by atoms with Crippen LogP contribution in [0.25, 0.3) is 11.0 Å². The van der Waals surface area contributed by atoms with Crippen LogP contribution in [0.5, 0.6) is 0 Å². The molecule has 1 heterocycles. The van der Waals surface area contributed by atoms with Crippen molar-refractivity contribution in [2.45, 2.75) is 12.5 Å². The maximum absolute atomic E-state index is 11.0. The summed E-state index contributed by atoms with van der Waals surface area (Å²) in [4.78, 5) is 11.0. The maximum atomic E-state index is 11.0. The minimum Gasteiger partial charge on any atom is -0.469 e. The molecule has 2 rings (SSSR count). The molecule has 0 unspecified atom stereocenters. The number of methoxy groups -OCH3 is 1. The van der Waals surface area contributed by atoms with E-state index in [1.807, 2.05) is 24.3 Å². The number of fused-ring (bicyclic) bond motifs is 1. The molecule has 0 radical (unpaired) electrons. The molecule has 0 spiro atoms. The van der Waals surface area contributed by atoms with Gasteiger partial charge in [-0.2, -0.15) is 0 Å². The number of carbonyl (C=O) groups excluding carboxylic acids is 1. The van der Waals surface area contributed by atoms with E-state index < -0.39 is 12.1 Å². The molecule has 4 nitrogen and oxygen atoms in total. The van der Waals surface area contributed by atoms with Gasteiger partial charge in [0.1, 0.15) is 17.4 Å². The van der Waals surface area contributed by atoms with Gasteiger partial charge in [0.25, 0.3) is 0 Å². The van der Waals surface area contributed by atoms with Gasteiger partial charge in [-0.3, -0.25) is 4.79 Å². The average Bonchev–Trinajstić information content (AvgIpc) is 2.72. The number of aliphatic hydroxyl groups is 1. The fourth-order valence-electron chi connectivity index (χ4n) is 1.51. The Morgan fingerprint density at radius 1 is 1.50 bits per heavy atom. The van der Waals surface area contributed by atoms with E-state index in [2.05, 4.69) is 4.74 Å². The van der Waals surface area contributed by atoms with Crippen LogP contribution in [0.4, 0.5) is 0 Å². The molecule has 0 fully saturated rings. The van der Waals surface area contributed by atoms with E-state index in [1.165, 1.54) is 7.11 Å². The van der Waals surface area contributed by atoms with E-state index in [0.29, 0.717) is 11.3 Å². The predicted octanol–water partition coefficient (Wildman–Crippen LogP) is 2.03. The third-order valence-corrected chi connectivity index (χ3v) is 2.36. The van der Waals surface area contributed by atoms with Crippen LogP contribution in [0.1, 0.15) is 18.3 Å². The quantitative estimate of drug-likeness (QED) is 0.804. The van der Waals surface area contributed by atoms with Crippen molar-refractivity contribution in [3.05, 3.63) is 36.1 Å². The molecule has 1 atom stereocenters. The number of ether oxygens (including phenoxy) is 1. The summed E-state index contributed by atoms with van der Waals surface area (Å²) in [6, 6.07) is 9.15. The zero-order valence-corrected chi connectivity index (χ0v) is 8.84. The molecule has 0 amide bonds. The highest BCUT2D eigenvalue weighted by molar-refractivity contribution is 5.78. The van der Waals surface area contributed by atoms with Gasteiger partial charge in [0.2, 0.25) is 0 Å². The summed E-state index contributed by atoms with van der Waals surface area (Å²) < 4.78 is 9.89. The van der Waals surface area contributed by atoms with Crippen LogP contribution in [0.2, 0.25) is 0 Å². The van der Waals surface area contributed by atoms with Crippen molar-refractivity contribution in [3.63, 3.8) is 0 Å². The smallest absolute Gasteiger partial charge is 0.308 e. The highest BCUT2D eigenvalue weighted by Gasteiger charge is 2.17. The second-order valence-corrected chi connectivity index (χ2v) is 3.48. The zero-order valence-electron chi connectivity index (χ0n) is 8.84. The van der Waals surface area contributed by atoms with Crippen LogP contribution in [-0.4, -0.2) is 18.2 Å². The molecule has 0 saturated carbocycles. The molecule has 0 bridgehead atoms. The molecule has 0 aliphatic rings. The first kappa shape index (κ1) is 10.7. The van der Waals surface area contributed by atoms with Crippen LogP contribution < -0.4 is 0 Å². The van der Waals surface area contributed by atoms with Crippen LogP contribution in [0.15, 0.2) is 34.7 Å². The fourth-order valence-corrected chi connectivity index (χ4v) is 1.51. The fraction of sp³-hybridized carbons (Fsp3) is 0.250. The third-order valence-electron chi connectivity index (χ3n) is 2.36. The van der Waals surface area contributed by atoms with Gasteiger partial charge >= 0.3 is 5.97 Å². The molecule has 84 valence electrons. The summed E-state index contributed by atoms with van der Waals surface area (Å²) in [7, 11) is 1.29. The van der Waals surface area contributed by atoms with Crippen molar-refractivity contribution in [3.8, 4) is 0 Å². The Bertz CT molecular complexity index is 467. The van der Waals surface area contributed by atoms with Gasteiger partial charge in [0, 0.05) is 5.39 Å². The standard InChI is InChI=1S/C12H12O4/c1-15-12(14)7-9(13)11-6-8-4-2-3-5-10(8)16-11/h2-6,9,13H,7H2,1H3/t9-/m0/s1. The van der Waals surface area contributed by atoms with Gasteiger partial charge in [-0.15, -0.1) is 0 Å². The molecule has 0 saturated heterocycles. The number of rotatable bonds is 3. The van der Waals surface area contributed by atoms with Crippen molar-refractivity contribution in [2.24, 2.45) is 0 Å². The van der Waals surface area contributed by atoms with Crippen molar-refractivity contribution in [1.82, 2.24) is 0 Å². The molecular weight excluding hydrogens is 208 g/mol. The second-order valence-electron chi connectivity index (χ2n) is 3.48.